The number of benzene rings is 1. The average Bonchev–Trinajstić information content (AvgIpc) is 3.46. The van der Waals surface area contributed by atoms with Gasteiger partial charge in [-0.1, -0.05) is 69.2 Å². The molecular weight excluding hydrogens is 490 g/mol. The number of aromatic nitrogens is 1. The highest BCUT2D eigenvalue weighted by Crippen LogP contribution is 2.28. The molecule has 4 rings (SSSR count). The number of rotatable bonds is 14. The number of unbranched alkanes of at least 4 members (excludes halogenated alkanes) is 3. The van der Waals surface area contributed by atoms with Crippen LogP contribution in [-0.4, -0.2) is 47.1 Å². The van der Waals surface area contributed by atoms with E-state index in [4.69, 9.17) is 9.84 Å². The standard InChI is InChI=1S/C32H41N3O4/c36-30(37)15-6-2-5-14-28(27-13-9-20-33-22-27)25-16-18-26(19-17-25)32-35-29(23-39-32)31(38)34-21-8-7-12-24-10-3-1-4-11-24/h9,13-14,16-20,22,24,29H,1-8,10-12,15,21,23H2,(H,34,38)(H,36,37)/t29-/m0/s1. The summed E-state index contributed by atoms with van der Waals surface area (Å²) in [6.45, 7) is 0.962. The molecule has 1 aromatic heterocycles. The second kappa shape index (κ2) is 15.2. The van der Waals surface area contributed by atoms with E-state index in [0.29, 0.717) is 18.9 Å². The normalized spacial score (nSPS) is 17.9. The van der Waals surface area contributed by atoms with E-state index in [0.717, 1.165) is 47.4 Å². The Labute approximate surface area is 231 Å². The number of pyridine rings is 1. The van der Waals surface area contributed by atoms with Gasteiger partial charge in [0.25, 0.3) is 0 Å². The number of nitrogens with one attached hydrogen (secondary N) is 1. The van der Waals surface area contributed by atoms with Crippen molar-refractivity contribution in [1.82, 2.24) is 10.3 Å². The summed E-state index contributed by atoms with van der Waals surface area (Å²) in [5.41, 5.74) is 3.94. The van der Waals surface area contributed by atoms with E-state index in [1.165, 1.54) is 44.9 Å². The molecule has 1 aromatic carbocycles. The van der Waals surface area contributed by atoms with E-state index in [1.54, 1.807) is 6.20 Å². The fourth-order valence-corrected chi connectivity index (χ4v) is 5.41. The van der Waals surface area contributed by atoms with Crippen molar-refractivity contribution in [1.29, 1.82) is 0 Å². The third-order valence-electron chi connectivity index (χ3n) is 7.63. The molecule has 2 aliphatic rings. The van der Waals surface area contributed by atoms with Crippen LogP contribution in [0, 0.1) is 5.92 Å². The Bertz CT molecular complexity index is 1120. The second-order valence-electron chi connectivity index (χ2n) is 10.6. The Morgan fingerprint density at radius 3 is 2.56 bits per heavy atom. The zero-order chi connectivity index (χ0) is 27.3. The summed E-state index contributed by atoms with van der Waals surface area (Å²) < 4.78 is 5.79. The smallest absolute Gasteiger partial charge is 0.303 e. The van der Waals surface area contributed by atoms with Crippen molar-refractivity contribution in [2.24, 2.45) is 10.9 Å². The van der Waals surface area contributed by atoms with Crippen LogP contribution in [0.3, 0.4) is 0 Å². The molecule has 2 heterocycles. The topological polar surface area (TPSA) is 101 Å². The van der Waals surface area contributed by atoms with E-state index >= 15 is 0 Å². The molecule has 1 aliphatic carbocycles. The van der Waals surface area contributed by atoms with E-state index in [-0.39, 0.29) is 18.9 Å². The Morgan fingerprint density at radius 2 is 1.82 bits per heavy atom. The first kappa shape index (κ1) is 28.5. The molecular formula is C32H41N3O4. The van der Waals surface area contributed by atoms with Gasteiger partial charge in [-0.2, -0.15) is 0 Å². The van der Waals surface area contributed by atoms with Crippen LogP contribution in [0.25, 0.3) is 5.57 Å². The third kappa shape index (κ3) is 9.05. The summed E-state index contributed by atoms with van der Waals surface area (Å²) in [5.74, 6) is 0.559. The molecule has 208 valence electrons. The number of allylic oxidation sites excluding steroid dienone is 1. The van der Waals surface area contributed by atoms with Crippen molar-refractivity contribution in [2.75, 3.05) is 13.2 Å². The lowest BCUT2D eigenvalue weighted by atomic mass is 9.86. The summed E-state index contributed by atoms with van der Waals surface area (Å²) in [5, 5.41) is 11.9. The van der Waals surface area contributed by atoms with E-state index in [9.17, 15) is 9.59 Å². The summed E-state index contributed by atoms with van der Waals surface area (Å²) >= 11 is 0. The first-order valence-electron chi connectivity index (χ1n) is 14.5. The molecule has 2 N–H and O–H groups in total. The van der Waals surface area contributed by atoms with Gasteiger partial charge in [-0.05, 0) is 60.9 Å². The van der Waals surface area contributed by atoms with E-state index in [2.05, 4.69) is 21.4 Å². The van der Waals surface area contributed by atoms with Gasteiger partial charge in [0.2, 0.25) is 11.8 Å². The van der Waals surface area contributed by atoms with Crippen LogP contribution in [0.1, 0.15) is 93.7 Å². The van der Waals surface area contributed by atoms with Crippen LogP contribution >= 0.6 is 0 Å². The Hall–Kier alpha value is -3.48. The quantitative estimate of drug-likeness (QED) is 0.284. The van der Waals surface area contributed by atoms with Crippen LogP contribution in [0.4, 0.5) is 0 Å². The molecule has 7 nitrogen and oxygen atoms in total. The zero-order valence-corrected chi connectivity index (χ0v) is 22.8. The highest BCUT2D eigenvalue weighted by Gasteiger charge is 2.26. The minimum atomic E-state index is -0.760. The summed E-state index contributed by atoms with van der Waals surface area (Å²) in [6, 6.07) is 11.4. The number of nitrogens with zero attached hydrogens (tertiary/aromatic N) is 2. The summed E-state index contributed by atoms with van der Waals surface area (Å²) in [6.07, 6.45) is 18.5. The summed E-state index contributed by atoms with van der Waals surface area (Å²) in [7, 11) is 0. The highest BCUT2D eigenvalue weighted by molar-refractivity contribution is 5.98. The van der Waals surface area contributed by atoms with Gasteiger partial charge in [-0.15, -0.1) is 0 Å². The molecule has 1 saturated carbocycles. The van der Waals surface area contributed by atoms with E-state index in [1.807, 2.05) is 42.6 Å². The van der Waals surface area contributed by atoms with Gasteiger partial charge in [-0.25, -0.2) is 4.99 Å². The van der Waals surface area contributed by atoms with Crippen LogP contribution < -0.4 is 5.32 Å². The van der Waals surface area contributed by atoms with Gasteiger partial charge >= 0.3 is 5.97 Å². The second-order valence-corrected chi connectivity index (χ2v) is 10.6. The number of amides is 1. The number of ether oxygens (including phenoxy) is 1. The zero-order valence-electron chi connectivity index (χ0n) is 22.8. The average molecular weight is 532 g/mol. The van der Waals surface area contributed by atoms with Crippen molar-refractivity contribution in [3.8, 4) is 0 Å². The van der Waals surface area contributed by atoms with Crippen LogP contribution in [0.5, 0.6) is 0 Å². The molecule has 1 aliphatic heterocycles. The van der Waals surface area contributed by atoms with Crippen LogP contribution in [0.2, 0.25) is 0 Å². The van der Waals surface area contributed by atoms with Gasteiger partial charge in [0.1, 0.15) is 6.61 Å². The number of aliphatic carboxylic acids is 1. The maximum absolute atomic E-state index is 12.6. The fourth-order valence-electron chi connectivity index (χ4n) is 5.41. The molecule has 1 amide bonds. The number of hydrogen-bond acceptors (Lipinski definition) is 5. The largest absolute Gasteiger partial charge is 0.481 e. The molecule has 0 bridgehead atoms. The molecule has 0 saturated heterocycles. The number of carbonyl (C=O) groups excluding carboxylic acids is 1. The van der Waals surface area contributed by atoms with Crippen molar-refractivity contribution < 1.29 is 19.4 Å². The maximum Gasteiger partial charge on any atom is 0.303 e. The van der Waals surface area contributed by atoms with Crippen molar-refractivity contribution >= 4 is 23.3 Å². The van der Waals surface area contributed by atoms with Gasteiger partial charge in [-0.3, -0.25) is 14.6 Å². The first-order chi connectivity index (χ1) is 19.1. The van der Waals surface area contributed by atoms with Crippen LogP contribution in [0.15, 0.2) is 59.9 Å². The van der Waals surface area contributed by atoms with Crippen molar-refractivity contribution in [3.05, 3.63) is 71.6 Å². The maximum atomic E-state index is 12.6. The number of carboxylic acids is 1. The monoisotopic (exact) mass is 531 g/mol. The molecule has 1 fully saturated rings. The minimum absolute atomic E-state index is 0.0658. The lowest BCUT2D eigenvalue weighted by Gasteiger charge is -2.21. The Kier molecular flexibility index (Phi) is 11.1. The van der Waals surface area contributed by atoms with Crippen molar-refractivity contribution in [2.45, 2.75) is 83.1 Å². The molecule has 1 atom stereocenters. The molecule has 7 heteroatoms. The Morgan fingerprint density at radius 1 is 1.00 bits per heavy atom. The molecule has 0 spiro atoms. The van der Waals surface area contributed by atoms with Gasteiger partial charge < -0.3 is 15.2 Å². The van der Waals surface area contributed by atoms with E-state index < -0.39 is 12.0 Å². The molecule has 0 unspecified atom stereocenters. The minimum Gasteiger partial charge on any atom is -0.481 e. The number of aliphatic imine (C=N–C) groups is 1. The highest BCUT2D eigenvalue weighted by atomic mass is 16.5. The van der Waals surface area contributed by atoms with Crippen molar-refractivity contribution in [3.63, 3.8) is 0 Å². The number of carbonyl (C=O) groups is 2. The SMILES string of the molecule is O=C(O)CCCCC=C(c1ccc(C2=N[C@H](C(=O)NCCCCC3CCCCC3)CO2)cc1)c1cccnc1. The van der Waals surface area contributed by atoms with Crippen LogP contribution in [-0.2, 0) is 14.3 Å². The Balaban J connectivity index is 1.30. The lowest BCUT2D eigenvalue weighted by molar-refractivity contribution is -0.137. The predicted molar refractivity (Wildman–Crippen MR) is 154 cm³/mol. The summed E-state index contributed by atoms with van der Waals surface area (Å²) in [4.78, 5) is 32.2. The number of carboxylic acid groups (broad SMARTS) is 1. The third-order valence-corrected chi connectivity index (χ3v) is 7.63. The number of hydrogen-bond donors (Lipinski definition) is 2. The fraction of sp³-hybridized carbons (Fsp3) is 0.500. The molecule has 39 heavy (non-hydrogen) atoms. The predicted octanol–water partition coefficient (Wildman–Crippen LogP) is 6.17. The molecule has 2 aromatic rings. The lowest BCUT2D eigenvalue weighted by Crippen LogP contribution is -2.34. The van der Waals surface area contributed by atoms with Gasteiger partial charge in [0.05, 0.1) is 0 Å². The van der Waals surface area contributed by atoms with Gasteiger partial charge in [0.15, 0.2) is 6.04 Å². The molecule has 0 radical (unpaired) electrons. The van der Waals surface area contributed by atoms with Gasteiger partial charge in [0, 0.05) is 36.5 Å². The first-order valence-corrected chi connectivity index (χ1v) is 14.5.